The van der Waals surface area contributed by atoms with Crippen LogP contribution in [0, 0.1) is 10.1 Å². The Morgan fingerprint density at radius 3 is 2.86 bits per heavy atom. The first-order valence-corrected chi connectivity index (χ1v) is 6.46. The van der Waals surface area contributed by atoms with Crippen LogP contribution in [0.4, 0.5) is 11.5 Å². The number of nitrogens with zero attached hydrogens (tertiary/aromatic N) is 3. The van der Waals surface area contributed by atoms with Crippen molar-refractivity contribution in [3.05, 3.63) is 27.9 Å². The van der Waals surface area contributed by atoms with Crippen LogP contribution < -0.4 is 4.90 Å². The standard InChI is InChI=1S/C13H17N3O5/c1-13(2)8-15(4-5-21-13)11-10(16(18)19)6-9(7-14-11)12(17)20-3/h6-7H,4-5,8H2,1-3H3. The Morgan fingerprint density at radius 1 is 1.57 bits per heavy atom. The summed E-state index contributed by atoms with van der Waals surface area (Å²) < 4.78 is 10.1. The predicted octanol–water partition coefficient (Wildman–Crippen LogP) is 1.39. The molecule has 1 fully saturated rings. The quantitative estimate of drug-likeness (QED) is 0.472. The van der Waals surface area contributed by atoms with Gasteiger partial charge in [-0.05, 0) is 13.8 Å². The number of hydrogen-bond acceptors (Lipinski definition) is 7. The number of hydrogen-bond donors (Lipinski definition) is 0. The number of anilines is 1. The highest BCUT2D eigenvalue weighted by atomic mass is 16.6. The number of rotatable bonds is 3. The second-order valence-electron chi connectivity index (χ2n) is 5.35. The Hall–Kier alpha value is -2.22. The molecule has 1 aliphatic heterocycles. The Kier molecular flexibility index (Phi) is 4.08. The van der Waals surface area contributed by atoms with Crippen molar-refractivity contribution in [1.29, 1.82) is 0 Å². The average molecular weight is 295 g/mol. The molecule has 1 saturated heterocycles. The van der Waals surface area contributed by atoms with E-state index >= 15 is 0 Å². The van der Waals surface area contributed by atoms with Gasteiger partial charge < -0.3 is 14.4 Å². The van der Waals surface area contributed by atoms with Gasteiger partial charge in [-0.3, -0.25) is 10.1 Å². The van der Waals surface area contributed by atoms with Crippen LogP contribution in [0.15, 0.2) is 12.3 Å². The first-order valence-electron chi connectivity index (χ1n) is 6.46. The number of aromatic nitrogens is 1. The second-order valence-corrected chi connectivity index (χ2v) is 5.35. The molecule has 0 unspecified atom stereocenters. The number of esters is 1. The topological polar surface area (TPSA) is 94.8 Å². The largest absolute Gasteiger partial charge is 0.465 e. The summed E-state index contributed by atoms with van der Waals surface area (Å²) in [6.07, 6.45) is 1.29. The Bertz CT molecular complexity index is 573. The maximum absolute atomic E-state index is 11.5. The minimum Gasteiger partial charge on any atom is -0.465 e. The van der Waals surface area contributed by atoms with E-state index in [0.29, 0.717) is 19.7 Å². The highest BCUT2D eigenvalue weighted by molar-refractivity contribution is 5.90. The van der Waals surface area contributed by atoms with Gasteiger partial charge in [0.05, 0.1) is 29.8 Å². The van der Waals surface area contributed by atoms with Crippen LogP contribution in [0.2, 0.25) is 0 Å². The minimum atomic E-state index is -0.653. The number of carbonyl (C=O) groups excluding carboxylic acids is 1. The molecule has 21 heavy (non-hydrogen) atoms. The number of carbonyl (C=O) groups is 1. The molecular formula is C13H17N3O5. The molecule has 0 amide bonds. The molecule has 0 atom stereocenters. The molecule has 8 nitrogen and oxygen atoms in total. The molecule has 8 heteroatoms. The molecule has 2 heterocycles. The third-order valence-corrected chi connectivity index (χ3v) is 3.19. The fraction of sp³-hybridized carbons (Fsp3) is 0.538. The van der Waals surface area contributed by atoms with Crippen molar-refractivity contribution < 1.29 is 19.2 Å². The second kappa shape index (κ2) is 5.65. The fourth-order valence-corrected chi connectivity index (χ4v) is 2.25. The number of morpholine rings is 1. The van der Waals surface area contributed by atoms with Crippen LogP contribution in [-0.4, -0.2) is 48.3 Å². The molecule has 0 N–H and O–H groups in total. The lowest BCUT2D eigenvalue weighted by molar-refractivity contribution is -0.384. The molecule has 0 radical (unpaired) electrons. The van der Waals surface area contributed by atoms with Crippen molar-refractivity contribution in [2.75, 3.05) is 31.7 Å². The molecule has 1 aromatic heterocycles. The molecule has 1 aliphatic rings. The summed E-state index contributed by atoms with van der Waals surface area (Å²) in [6, 6.07) is 1.19. The van der Waals surface area contributed by atoms with Crippen LogP contribution in [0.3, 0.4) is 0 Å². The van der Waals surface area contributed by atoms with Gasteiger partial charge in [-0.1, -0.05) is 0 Å². The zero-order valence-corrected chi connectivity index (χ0v) is 12.2. The Labute approximate surface area is 121 Å². The predicted molar refractivity (Wildman–Crippen MR) is 74.5 cm³/mol. The van der Waals surface area contributed by atoms with E-state index in [1.54, 1.807) is 4.90 Å². The molecule has 0 saturated carbocycles. The number of pyridine rings is 1. The van der Waals surface area contributed by atoms with E-state index in [4.69, 9.17) is 4.74 Å². The lowest BCUT2D eigenvalue weighted by Gasteiger charge is -2.38. The third-order valence-electron chi connectivity index (χ3n) is 3.19. The van der Waals surface area contributed by atoms with Crippen molar-refractivity contribution in [2.24, 2.45) is 0 Å². The Morgan fingerprint density at radius 2 is 2.29 bits per heavy atom. The first-order chi connectivity index (χ1) is 9.84. The molecule has 1 aromatic rings. The summed E-state index contributed by atoms with van der Waals surface area (Å²) in [5.41, 5.74) is -0.564. The van der Waals surface area contributed by atoms with E-state index in [0.717, 1.165) is 0 Å². The van der Waals surface area contributed by atoms with Gasteiger partial charge in [-0.25, -0.2) is 9.78 Å². The van der Waals surface area contributed by atoms with Crippen LogP contribution in [0.5, 0.6) is 0 Å². The first kappa shape index (κ1) is 15.2. The van der Waals surface area contributed by atoms with E-state index in [2.05, 4.69) is 9.72 Å². The van der Waals surface area contributed by atoms with Gasteiger partial charge >= 0.3 is 11.7 Å². The summed E-state index contributed by atoms with van der Waals surface area (Å²) in [5.74, 6) is -0.413. The molecule has 0 aliphatic carbocycles. The maximum Gasteiger partial charge on any atom is 0.339 e. The van der Waals surface area contributed by atoms with Crippen molar-refractivity contribution in [1.82, 2.24) is 4.98 Å². The SMILES string of the molecule is COC(=O)c1cnc(N2CCOC(C)(C)C2)c([N+](=O)[O-])c1. The maximum atomic E-state index is 11.5. The van der Waals surface area contributed by atoms with Crippen LogP contribution >= 0.6 is 0 Å². The molecule has 0 aromatic carbocycles. The third kappa shape index (κ3) is 3.27. The van der Waals surface area contributed by atoms with Crippen LogP contribution in [-0.2, 0) is 9.47 Å². The van der Waals surface area contributed by atoms with Gasteiger partial charge in [-0.15, -0.1) is 0 Å². The van der Waals surface area contributed by atoms with Gasteiger partial charge in [0.2, 0.25) is 5.82 Å². The van der Waals surface area contributed by atoms with Gasteiger partial charge in [-0.2, -0.15) is 0 Å². The van der Waals surface area contributed by atoms with E-state index < -0.39 is 16.5 Å². The normalized spacial score (nSPS) is 17.4. The van der Waals surface area contributed by atoms with E-state index in [1.165, 1.54) is 19.4 Å². The monoisotopic (exact) mass is 295 g/mol. The fourth-order valence-electron chi connectivity index (χ4n) is 2.25. The summed E-state index contributed by atoms with van der Waals surface area (Å²) in [6.45, 7) is 5.28. The van der Waals surface area contributed by atoms with Crippen LogP contribution in [0.25, 0.3) is 0 Å². The smallest absolute Gasteiger partial charge is 0.339 e. The summed E-state index contributed by atoms with van der Waals surface area (Å²) >= 11 is 0. The molecule has 2 rings (SSSR count). The van der Waals surface area contributed by atoms with Gasteiger partial charge in [0.15, 0.2) is 0 Å². The Balaban J connectivity index is 2.39. The zero-order valence-electron chi connectivity index (χ0n) is 12.2. The molecule has 114 valence electrons. The average Bonchev–Trinajstić information content (AvgIpc) is 2.44. The van der Waals surface area contributed by atoms with Gasteiger partial charge in [0.25, 0.3) is 0 Å². The summed E-state index contributed by atoms with van der Waals surface area (Å²) in [5, 5.41) is 11.2. The lowest BCUT2D eigenvalue weighted by atomic mass is 10.1. The van der Waals surface area contributed by atoms with Crippen molar-refractivity contribution in [3.63, 3.8) is 0 Å². The summed E-state index contributed by atoms with van der Waals surface area (Å²) in [7, 11) is 1.21. The molecule has 0 spiro atoms. The molecular weight excluding hydrogens is 278 g/mol. The highest BCUT2D eigenvalue weighted by Crippen LogP contribution is 2.30. The highest BCUT2D eigenvalue weighted by Gasteiger charge is 2.32. The van der Waals surface area contributed by atoms with Crippen molar-refractivity contribution >= 4 is 17.5 Å². The minimum absolute atomic E-state index is 0.0560. The van der Waals surface area contributed by atoms with E-state index in [9.17, 15) is 14.9 Å². The van der Waals surface area contributed by atoms with Crippen molar-refractivity contribution in [3.8, 4) is 0 Å². The van der Waals surface area contributed by atoms with Gasteiger partial charge in [0.1, 0.15) is 0 Å². The number of nitro groups is 1. The number of methoxy groups -OCH3 is 1. The van der Waals surface area contributed by atoms with Gasteiger partial charge in [0, 0.05) is 25.4 Å². The van der Waals surface area contributed by atoms with Crippen molar-refractivity contribution in [2.45, 2.75) is 19.4 Å². The van der Waals surface area contributed by atoms with E-state index in [1.807, 2.05) is 13.8 Å². The molecule has 0 bridgehead atoms. The summed E-state index contributed by atoms with van der Waals surface area (Å²) in [4.78, 5) is 28.0. The van der Waals surface area contributed by atoms with E-state index in [-0.39, 0.29) is 17.1 Å². The number of ether oxygens (including phenoxy) is 2. The van der Waals surface area contributed by atoms with Crippen LogP contribution in [0.1, 0.15) is 24.2 Å². The lowest BCUT2D eigenvalue weighted by Crippen LogP contribution is -2.48. The zero-order chi connectivity index (χ0) is 15.6.